The van der Waals surface area contributed by atoms with Gasteiger partial charge in [0.2, 0.25) is 5.89 Å². The van der Waals surface area contributed by atoms with Gasteiger partial charge in [-0.25, -0.2) is 4.68 Å². The maximum absolute atomic E-state index is 5.61. The zero-order chi connectivity index (χ0) is 13.4. The van der Waals surface area contributed by atoms with Crippen molar-refractivity contribution >= 4 is 21.7 Å². The third kappa shape index (κ3) is 2.24. The van der Waals surface area contributed by atoms with Crippen molar-refractivity contribution in [3.63, 3.8) is 0 Å². The normalized spacial score (nSPS) is 11.1. The molecule has 0 aliphatic carbocycles. The second-order valence-corrected chi connectivity index (χ2v) is 4.60. The predicted octanol–water partition coefficient (Wildman–Crippen LogP) is 1.62. The van der Waals surface area contributed by atoms with Gasteiger partial charge >= 0.3 is 0 Å². The van der Waals surface area contributed by atoms with Crippen LogP contribution in [-0.2, 0) is 6.54 Å². The second kappa shape index (κ2) is 4.50. The predicted molar refractivity (Wildman–Crippen MR) is 68.0 cm³/mol. The largest absolute Gasteiger partial charge is 0.444 e. The molecule has 3 aromatic heterocycles. The van der Waals surface area contributed by atoms with Crippen LogP contribution in [0.4, 0.5) is 5.82 Å². The van der Waals surface area contributed by atoms with Gasteiger partial charge < -0.3 is 14.6 Å². The number of hydrogen-bond acceptors (Lipinski definition) is 7. The zero-order valence-electron chi connectivity index (χ0n) is 9.87. The second-order valence-electron chi connectivity index (χ2n) is 3.82. The average Bonchev–Trinajstić information content (AvgIpc) is 3.07. The maximum atomic E-state index is 5.61. The summed E-state index contributed by atoms with van der Waals surface area (Å²) in [5, 5.41) is 15.5. The molecule has 0 saturated heterocycles. The summed E-state index contributed by atoms with van der Waals surface area (Å²) >= 11 is 3.21. The highest BCUT2D eigenvalue weighted by atomic mass is 79.9. The van der Waals surface area contributed by atoms with Crippen molar-refractivity contribution in [1.29, 1.82) is 0 Å². The molecule has 19 heavy (non-hydrogen) atoms. The Kier molecular flexibility index (Phi) is 2.82. The summed E-state index contributed by atoms with van der Waals surface area (Å²) in [6, 6.07) is 3.49. The number of nitrogen functional groups attached to an aromatic ring is 1. The summed E-state index contributed by atoms with van der Waals surface area (Å²) in [5.41, 5.74) is 6.36. The molecule has 0 saturated carbocycles. The summed E-state index contributed by atoms with van der Waals surface area (Å²) in [4.78, 5) is 0. The number of rotatable bonds is 3. The van der Waals surface area contributed by atoms with Crippen molar-refractivity contribution < 1.29 is 8.83 Å². The molecule has 3 rings (SSSR count). The van der Waals surface area contributed by atoms with Crippen molar-refractivity contribution in [2.45, 2.75) is 13.5 Å². The lowest BCUT2D eigenvalue weighted by Crippen LogP contribution is -2.04. The van der Waals surface area contributed by atoms with Crippen LogP contribution in [0.3, 0.4) is 0 Å². The fourth-order valence-corrected chi connectivity index (χ4v) is 1.81. The van der Waals surface area contributed by atoms with Gasteiger partial charge in [0.25, 0.3) is 5.89 Å². The molecule has 0 aliphatic heterocycles. The van der Waals surface area contributed by atoms with Crippen LogP contribution in [0.2, 0.25) is 0 Å². The number of furan rings is 1. The lowest BCUT2D eigenvalue weighted by atomic mass is 10.4. The van der Waals surface area contributed by atoms with Crippen molar-refractivity contribution in [2.24, 2.45) is 0 Å². The summed E-state index contributed by atoms with van der Waals surface area (Å²) < 4.78 is 13.0. The highest BCUT2D eigenvalue weighted by Gasteiger charge is 2.14. The minimum absolute atomic E-state index is 0.310. The summed E-state index contributed by atoms with van der Waals surface area (Å²) in [5.74, 6) is 1.59. The first-order valence-electron chi connectivity index (χ1n) is 5.37. The van der Waals surface area contributed by atoms with Crippen molar-refractivity contribution in [1.82, 2.24) is 25.2 Å². The molecule has 3 heterocycles. The molecule has 0 fully saturated rings. The molecule has 2 N–H and O–H groups in total. The monoisotopic (exact) mass is 324 g/mol. The summed E-state index contributed by atoms with van der Waals surface area (Å²) in [6.07, 6.45) is 0. The standard InChI is InChI=1S/C10H9BrN6O2/c1-5-9(12)14-16-17(5)4-8-13-15-10(19-8)6-2-3-7(11)18-6/h2-3H,4,12H2,1H3. The number of nitrogens with zero attached hydrogens (tertiary/aromatic N) is 5. The van der Waals surface area contributed by atoms with E-state index < -0.39 is 0 Å². The average molecular weight is 325 g/mol. The van der Waals surface area contributed by atoms with E-state index in [-0.39, 0.29) is 0 Å². The van der Waals surface area contributed by atoms with Gasteiger partial charge in [-0.2, -0.15) is 0 Å². The van der Waals surface area contributed by atoms with E-state index in [0.717, 1.165) is 5.69 Å². The number of anilines is 1. The first kappa shape index (κ1) is 11.9. The quantitative estimate of drug-likeness (QED) is 0.779. The first-order valence-corrected chi connectivity index (χ1v) is 6.16. The van der Waals surface area contributed by atoms with Gasteiger partial charge in [-0.05, 0) is 35.0 Å². The minimum Gasteiger partial charge on any atom is -0.444 e. The van der Waals surface area contributed by atoms with Crippen molar-refractivity contribution in [2.75, 3.05) is 5.73 Å². The van der Waals surface area contributed by atoms with E-state index in [2.05, 4.69) is 36.4 Å². The minimum atomic E-state index is 0.310. The molecule has 0 unspecified atom stereocenters. The van der Waals surface area contributed by atoms with Gasteiger partial charge in [0.05, 0.1) is 5.69 Å². The van der Waals surface area contributed by atoms with E-state index in [0.29, 0.717) is 34.6 Å². The van der Waals surface area contributed by atoms with Crippen LogP contribution in [0.25, 0.3) is 11.7 Å². The molecule has 0 bridgehead atoms. The molecule has 9 heteroatoms. The van der Waals surface area contributed by atoms with Gasteiger partial charge in [-0.1, -0.05) is 5.21 Å². The number of hydrogen-bond donors (Lipinski definition) is 1. The Balaban J connectivity index is 1.84. The molecule has 0 amide bonds. The molecule has 8 nitrogen and oxygen atoms in total. The van der Waals surface area contributed by atoms with Gasteiger partial charge in [-0.3, -0.25) is 0 Å². The van der Waals surface area contributed by atoms with Crippen LogP contribution in [0.1, 0.15) is 11.6 Å². The fourth-order valence-electron chi connectivity index (χ4n) is 1.50. The SMILES string of the molecule is Cc1c(N)nnn1Cc1nnc(-c2ccc(Br)o2)o1. The van der Waals surface area contributed by atoms with Gasteiger partial charge in [-0.15, -0.1) is 15.3 Å². The highest BCUT2D eigenvalue weighted by Crippen LogP contribution is 2.24. The van der Waals surface area contributed by atoms with Crippen LogP contribution in [-0.4, -0.2) is 25.2 Å². The van der Waals surface area contributed by atoms with E-state index in [4.69, 9.17) is 14.6 Å². The van der Waals surface area contributed by atoms with Crippen LogP contribution >= 0.6 is 15.9 Å². The van der Waals surface area contributed by atoms with E-state index in [9.17, 15) is 0 Å². The Hall–Kier alpha value is -2.16. The molecule has 0 aromatic carbocycles. The van der Waals surface area contributed by atoms with E-state index in [1.807, 2.05) is 6.92 Å². The number of halogens is 1. The van der Waals surface area contributed by atoms with Crippen LogP contribution < -0.4 is 5.73 Å². The summed E-state index contributed by atoms with van der Waals surface area (Å²) in [6.45, 7) is 2.13. The third-order valence-corrected chi connectivity index (χ3v) is 2.98. The molecule has 0 spiro atoms. The maximum Gasteiger partial charge on any atom is 0.283 e. The molecule has 98 valence electrons. The van der Waals surface area contributed by atoms with Gasteiger partial charge in [0.1, 0.15) is 6.54 Å². The molecule has 0 atom stereocenters. The lowest BCUT2D eigenvalue weighted by Gasteiger charge is -1.97. The fraction of sp³-hybridized carbons (Fsp3) is 0.200. The Morgan fingerprint density at radius 2 is 2.11 bits per heavy atom. The summed E-state index contributed by atoms with van der Waals surface area (Å²) in [7, 11) is 0. The van der Waals surface area contributed by atoms with Crippen LogP contribution in [0.5, 0.6) is 0 Å². The molecular weight excluding hydrogens is 316 g/mol. The molecular formula is C10H9BrN6O2. The number of nitrogens with two attached hydrogens (primary N) is 1. The zero-order valence-corrected chi connectivity index (χ0v) is 11.5. The van der Waals surface area contributed by atoms with Crippen LogP contribution in [0.15, 0.2) is 25.6 Å². The highest BCUT2D eigenvalue weighted by molar-refractivity contribution is 9.10. The third-order valence-electron chi connectivity index (χ3n) is 2.55. The Labute approximate surface area is 115 Å². The van der Waals surface area contributed by atoms with E-state index in [1.54, 1.807) is 16.8 Å². The number of aromatic nitrogens is 5. The van der Waals surface area contributed by atoms with Crippen molar-refractivity contribution in [3.05, 3.63) is 28.4 Å². The van der Waals surface area contributed by atoms with Gasteiger partial charge in [0.15, 0.2) is 16.2 Å². The molecule has 0 aliphatic rings. The van der Waals surface area contributed by atoms with Crippen LogP contribution in [0, 0.1) is 6.92 Å². The first-order chi connectivity index (χ1) is 9.13. The smallest absolute Gasteiger partial charge is 0.283 e. The lowest BCUT2D eigenvalue weighted by molar-refractivity contribution is 0.449. The Morgan fingerprint density at radius 3 is 2.74 bits per heavy atom. The molecule has 3 aromatic rings. The van der Waals surface area contributed by atoms with E-state index in [1.165, 1.54) is 0 Å². The topological polar surface area (TPSA) is 109 Å². The Bertz CT molecular complexity index is 715. The molecule has 0 radical (unpaired) electrons. The van der Waals surface area contributed by atoms with Gasteiger partial charge in [0, 0.05) is 0 Å². The Morgan fingerprint density at radius 1 is 1.26 bits per heavy atom. The van der Waals surface area contributed by atoms with Crippen molar-refractivity contribution in [3.8, 4) is 11.7 Å². The van der Waals surface area contributed by atoms with E-state index >= 15 is 0 Å².